The van der Waals surface area contributed by atoms with Crippen molar-refractivity contribution in [3.05, 3.63) is 72.4 Å². The van der Waals surface area contributed by atoms with Crippen LogP contribution in [0.2, 0.25) is 0 Å². The molecule has 1 aromatic heterocycles. The van der Waals surface area contributed by atoms with Crippen LogP contribution in [0.1, 0.15) is 19.4 Å². The fraction of sp³-hybridized carbons (Fsp3) is 0.364. The van der Waals surface area contributed by atoms with E-state index < -0.39 is 29.9 Å². The van der Waals surface area contributed by atoms with Gasteiger partial charge in [-0.1, -0.05) is 65.9 Å². The van der Waals surface area contributed by atoms with Crippen LogP contribution < -0.4 is 0 Å². The second-order valence-electron chi connectivity index (χ2n) is 7.93. The fourth-order valence-corrected chi connectivity index (χ4v) is 4.11. The van der Waals surface area contributed by atoms with E-state index in [0.29, 0.717) is 6.54 Å². The lowest BCUT2D eigenvalue weighted by Gasteiger charge is -2.34. The van der Waals surface area contributed by atoms with Crippen molar-refractivity contribution < 1.29 is 19.3 Å². The Morgan fingerprint density at radius 2 is 1.69 bits per heavy atom. The van der Waals surface area contributed by atoms with E-state index in [1.54, 1.807) is 4.68 Å². The summed E-state index contributed by atoms with van der Waals surface area (Å²) in [6.07, 6.45) is -0.0511. The lowest BCUT2D eigenvalue weighted by Crippen LogP contribution is -2.47. The Balaban J connectivity index is 1.46. The molecule has 1 N–H and O–H groups in total. The number of fused-ring (bicyclic) bond motifs is 1. The van der Waals surface area contributed by atoms with Gasteiger partial charge in [-0.25, -0.2) is 4.68 Å². The average molecular weight is 393 g/mol. The molecule has 0 radical (unpaired) electrons. The standard InChI is InChI=1S/C22H23N3O4/c1-21(2)28-19-20(29-21)27-18(22(19,26)16-11-7-4-8-12-16)14-25-13-17(23-24-25)15-9-5-3-6-10-15/h3-13,18-20,26H,14H2,1-2H3/t18-,19+,20-,22-/m1/s1. The smallest absolute Gasteiger partial charge is 0.191 e. The van der Waals surface area contributed by atoms with Crippen LogP contribution in [0.3, 0.4) is 0 Å². The van der Waals surface area contributed by atoms with Gasteiger partial charge in [0.25, 0.3) is 0 Å². The van der Waals surface area contributed by atoms with Crippen molar-refractivity contribution in [2.45, 2.75) is 50.3 Å². The molecule has 0 aliphatic carbocycles. The molecule has 3 heterocycles. The van der Waals surface area contributed by atoms with Crippen molar-refractivity contribution in [2.24, 2.45) is 0 Å². The third kappa shape index (κ3) is 3.16. The zero-order valence-electron chi connectivity index (χ0n) is 16.3. The summed E-state index contributed by atoms with van der Waals surface area (Å²) < 4.78 is 19.7. The van der Waals surface area contributed by atoms with E-state index in [1.807, 2.05) is 80.7 Å². The first-order valence-corrected chi connectivity index (χ1v) is 9.70. The summed E-state index contributed by atoms with van der Waals surface area (Å²) in [7, 11) is 0. The molecule has 3 aromatic rings. The monoisotopic (exact) mass is 393 g/mol. The molecule has 150 valence electrons. The zero-order valence-corrected chi connectivity index (χ0v) is 16.3. The third-order valence-corrected chi connectivity index (χ3v) is 5.48. The Morgan fingerprint density at radius 1 is 1.00 bits per heavy atom. The Bertz CT molecular complexity index is 992. The average Bonchev–Trinajstić information content (AvgIpc) is 3.38. The minimum Gasteiger partial charge on any atom is -0.379 e. The second kappa shape index (κ2) is 6.74. The highest BCUT2D eigenvalue weighted by Crippen LogP contribution is 2.48. The van der Waals surface area contributed by atoms with Crippen LogP contribution in [0.15, 0.2) is 66.9 Å². The van der Waals surface area contributed by atoms with Gasteiger partial charge in [0.05, 0.1) is 12.7 Å². The largest absolute Gasteiger partial charge is 0.379 e. The first-order chi connectivity index (χ1) is 14.0. The number of benzene rings is 2. The number of rotatable bonds is 4. The van der Waals surface area contributed by atoms with Gasteiger partial charge in [0.1, 0.15) is 23.5 Å². The first-order valence-electron chi connectivity index (χ1n) is 9.70. The molecule has 2 aliphatic heterocycles. The molecule has 7 heteroatoms. The molecule has 2 aromatic carbocycles. The van der Waals surface area contributed by atoms with E-state index in [9.17, 15) is 5.11 Å². The van der Waals surface area contributed by atoms with Crippen molar-refractivity contribution in [2.75, 3.05) is 0 Å². The van der Waals surface area contributed by atoms with Gasteiger partial charge >= 0.3 is 0 Å². The Kier molecular flexibility index (Phi) is 4.29. The minimum absolute atomic E-state index is 0.311. The Labute approximate surface area is 168 Å². The number of aliphatic hydroxyl groups is 1. The van der Waals surface area contributed by atoms with Crippen molar-refractivity contribution in [1.82, 2.24) is 15.0 Å². The number of aromatic nitrogens is 3. The maximum Gasteiger partial charge on any atom is 0.191 e. The van der Waals surface area contributed by atoms with Crippen LogP contribution in [0, 0.1) is 0 Å². The van der Waals surface area contributed by atoms with E-state index in [-0.39, 0.29) is 0 Å². The molecule has 5 rings (SSSR count). The number of hydrogen-bond acceptors (Lipinski definition) is 6. The van der Waals surface area contributed by atoms with Crippen LogP contribution in [0.4, 0.5) is 0 Å². The van der Waals surface area contributed by atoms with E-state index in [0.717, 1.165) is 16.8 Å². The summed E-state index contributed by atoms with van der Waals surface area (Å²) >= 11 is 0. The van der Waals surface area contributed by atoms with Crippen LogP contribution in [-0.2, 0) is 26.4 Å². The molecule has 2 saturated heterocycles. The summed E-state index contributed by atoms with van der Waals surface area (Å²) in [5, 5.41) is 20.3. The number of ether oxygens (including phenoxy) is 3. The van der Waals surface area contributed by atoms with Gasteiger partial charge in [-0.15, -0.1) is 5.10 Å². The van der Waals surface area contributed by atoms with E-state index >= 15 is 0 Å². The highest BCUT2D eigenvalue weighted by atomic mass is 16.8. The van der Waals surface area contributed by atoms with Gasteiger partial charge in [-0.3, -0.25) is 0 Å². The fourth-order valence-electron chi connectivity index (χ4n) is 4.11. The van der Waals surface area contributed by atoms with Crippen LogP contribution >= 0.6 is 0 Å². The number of nitrogens with zero attached hydrogens (tertiary/aromatic N) is 3. The number of hydrogen-bond donors (Lipinski definition) is 1. The highest BCUT2D eigenvalue weighted by Gasteiger charge is 2.63. The van der Waals surface area contributed by atoms with Crippen LogP contribution in [0.5, 0.6) is 0 Å². The highest BCUT2D eigenvalue weighted by molar-refractivity contribution is 5.57. The summed E-state index contributed by atoms with van der Waals surface area (Å²) in [5.41, 5.74) is 1.09. The first kappa shape index (κ1) is 18.4. The lowest BCUT2D eigenvalue weighted by atomic mass is 9.84. The Morgan fingerprint density at radius 3 is 2.41 bits per heavy atom. The predicted molar refractivity (Wildman–Crippen MR) is 104 cm³/mol. The maximum atomic E-state index is 11.8. The van der Waals surface area contributed by atoms with Crippen molar-refractivity contribution in [3.8, 4) is 11.3 Å². The molecule has 4 atom stereocenters. The molecule has 0 spiro atoms. The van der Waals surface area contributed by atoms with Gasteiger partial charge < -0.3 is 19.3 Å². The summed E-state index contributed by atoms with van der Waals surface area (Å²) in [6, 6.07) is 19.3. The molecular formula is C22H23N3O4. The Hall–Kier alpha value is -2.58. The molecule has 0 saturated carbocycles. The summed E-state index contributed by atoms with van der Waals surface area (Å²) in [5.74, 6) is -0.823. The van der Waals surface area contributed by atoms with Gasteiger partial charge in [0.2, 0.25) is 0 Å². The maximum absolute atomic E-state index is 11.8. The summed E-state index contributed by atoms with van der Waals surface area (Å²) in [6.45, 7) is 3.95. The minimum atomic E-state index is -1.38. The van der Waals surface area contributed by atoms with E-state index in [1.165, 1.54) is 0 Å². The van der Waals surface area contributed by atoms with Crippen LogP contribution in [-0.4, -0.2) is 44.4 Å². The van der Waals surface area contributed by atoms with Crippen molar-refractivity contribution >= 4 is 0 Å². The SMILES string of the molecule is CC1(C)O[C@H]2O[C@H](Cn3cc(-c4ccccc4)nn3)[C@](O)(c3ccccc3)[C@H]2O1. The van der Waals surface area contributed by atoms with Gasteiger partial charge in [0.15, 0.2) is 12.1 Å². The molecule has 7 nitrogen and oxygen atoms in total. The molecule has 2 fully saturated rings. The normalized spacial score (nSPS) is 30.4. The lowest BCUT2D eigenvalue weighted by molar-refractivity contribution is -0.233. The molecule has 0 unspecified atom stereocenters. The zero-order chi connectivity index (χ0) is 20.1. The third-order valence-electron chi connectivity index (χ3n) is 5.48. The van der Waals surface area contributed by atoms with E-state index in [4.69, 9.17) is 14.2 Å². The van der Waals surface area contributed by atoms with Crippen molar-refractivity contribution in [1.29, 1.82) is 0 Å². The quantitative estimate of drug-likeness (QED) is 0.734. The topological polar surface area (TPSA) is 78.6 Å². The van der Waals surface area contributed by atoms with E-state index in [2.05, 4.69) is 10.3 Å². The van der Waals surface area contributed by atoms with Gasteiger partial charge in [0, 0.05) is 5.56 Å². The summed E-state index contributed by atoms with van der Waals surface area (Å²) in [4.78, 5) is 0. The van der Waals surface area contributed by atoms with Gasteiger partial charge in [-0.2, -0.15) is 0 Å². The molecule has 2 aliphatic rings. The molecule has 0 amide bonds. The molecule has 29 heavy (non-hydrogen) atoms. The van der Waals surface area contributed by atoms with Crippen molar-refractivity contribution in [3.63, 3.8) is 0 Å². The van der Waals surface area contributed by atoms with Crippen LogP contribution in [0.25, 0.3) is 11.3 Å². The second-order valence-corrected chi connectivity index (χ2v) is 7.93. The molecular weight excluding hydrogens is 370 g/mol. The predicted octanol–water partition coefficient (Wildman–Crippen LogP) is 2.71. The molecule has 0 bridgehead atoms. The van der Waals surface area contributed by atoms with Gasteiger partial charge in [-0.05, 0) is 19.4 Å².